The maximum Gasteiger partial charge on any atom is 0.0502 e. The minimum absolute atomic E-state index is 0.700. The molecule has 0 amide bonds. The van der Waals surface area contributed by atoms with Gasteiger partial charge in [-0.25, -0.2) is 0 Å². The number of halogens is 1. The Morgan fingerprint density at radius 2 is 1.92 bits per heavy atom. The lowest BCUT2D eigenvalue weighted by molar-refractivity contribution is 0.102. The largest absolute Gasteiger partial charge is 0.381 e. The summed E-state index contributed by atoms with van der Waals surface area (Å²) in [4.78, 5) is 0. The molecule has 0 radical (unpaired) electrons. The van der Waals surface area contributed by atoms with E-state index in [9.17, 15) is 0 Å². The standard InChI is InChI=1S/C11H23BrO/c1-3-5-6-7-8-13-10-11(4-2)9-12/h11H,3-10H2,1-2H3. The van der Waals surface area contributed by atoms with Gasteiger partial charge >= 0.3 is 0 Å². The highest BCUT2D eigenvalue weighted by atomic mass is 79.9. The lowest BCUT2D eigenvalue weighted by Crippen LogP contribution is -2.10. The lowest BCUT2D eigenvalue weighted by atomic mass is 10.1. The summed E-state index contributed by atoms with van der Waals surface area (Å²) in [6.07, 6.45) is 6.41. The van der Waals surface area contributed by atoms with Gasteiger partial charge in [-0.3, -0.25) is 0 Å². The molecule has 1 nitrogen and oxygen atoms in total. The van der Waals surface area contributed by atoms with E-state index in [0.29, 0.717) is 5.92 Å². The quantitative estimate of drug-likeness (QED) is 0.444. The van der Waals surface area contributed by atoms with E-state index < -0.39 is 0 Å². The highest BCUT2D eigenvalue weighted by Gasteiger charge is 2.03. The molecule has 0 aromatic rings. The van der Waals surface area contributed by atoms with Crippen LogP contribution in [0.25, 0.3) is 0 Å². The molecule has 0 aliphatic carbocycles. The molecule has 1 unspecified atom stereocenters. The zero-order chi connectivity index (χ0) is 9.94. The van der Waals surface area contributed by atoms with Crippen LogP contribution in [0.2, 0.25) is 0 Å². The summed E-state index contributed by atoms with van der Waals surface area (Å²) in [5.41, 5.74) is 0. The van der Waals surface area contributed by atoms with Crippen LogP contribution < -0.4 is 0 Å². The van der Waals surface area contributed by atoms with Crippen molar-refractivity contribution in [2.45, 2.75) is 46.0 Å². The second-order valence-electron chi connectivity index (χ2n) is 3.56. The van der Waals surface area contributed by atoms with E-state index in [1.54, 1.807) is 0 Å². The molecule has 0 fully saturated rings. The van der Waals surface area contributed by atoms with Crippen molar-refractivity contribution in [3.8, 4) is 0 Å². The van der Waals surface area contributed by atoms with E-state index in [1.807, 2.05) is 0 Å². The van der Waals surface area contributed by atoms with Crippen molar-refractivity contribution in [1.29, 1.82) is 0 Å². The predicted molar refractivity (Wildman–Crippen MR) is 62.5 cm³/mol. The molecule has 0 spiro atoms. The van der Waals surface area contributed by atoms with Gasteiger partial charge in [0.1, 0.15) is 0 Å². The second-order valence-corrected chi connectivity index (χ2v) is 4.21. The van der Waals surface area contributed by atoms with Gasteiger partial charge in [-0.1, -0.05) is 55.5 Å². The summed E-state index contributed by atoms with van der Waals surface area (Å²) in [7, 11) is 0. The Kier molecular flexibility index (Phi) is 10.9. The van der Waals surface area contributed by atoms with Crippen molar-refractivity contribution < 1.29 is 4.74 Å². The first-order valence-corrected chi connectivity index (χ1v) is 6.61. The zero-order valence-corrected chi connectivity index (χ0v) is 10.6. The van der Waals surface area contributed by atoms with E-state index >= 15 is 0 Å². The fourth-order valence-electron chi connectivity index (χ4n) is 1.15. The van der Waals surface area contributed by atoms with Gasteiger partial charge < -0.3 is 4.74 Å². The van der Waals surface area contributed by atoms with Crippen LogP contribution in [0.1, 0.15) is 46.0 Å². The van der Waals surface area contributed by atoms with Crippen molar-refractivity contribution in [2.24, 2.45) is 5.92 Å². The summed E-state index contributed by atoms with van der Waals surface area (Å²) >= 11 is 3.49. The summed E-state index contributed by atoms with van der Waals surface area (Å²) in [5.74, 6) is 0.700. The van der Waals surface area contributed by atoms with Crippen molar-refractivity contribution in [3.63, 3.8) is 0 Å². The Balaban J connectivity index is 3.05. The molecule has 80 valence electrons. The Morgan fingerprint density at radius 3 is 2.46 bits per heavy atom. The molecule has 0 N–H and O–H groups in total. The van der Waals surface area contributed by atoms with Crippen LogP contribution in [0.3, 0.4) is 0 Å². The van der Waals surface area contributed by atoms with Gasteiger partial charge in [-0.05, 0) is 12.3 Å². The van der Waals surface area contributed by atoms with E-state index in [1.165, 1.54) is 32.1 Å². The zero-order valence-electron chi connectivity index (χ0n) is 9.02. The van der Waals surface area contributed by atoms with Gasteiger partial charge in [-0.15, -0.1) is 0 Å². The molecule has 0 bridgehead atoms. The highest BCUT2D eigenvalue weighted by Crippen LogP contribution is 2.07. The molecule has 0 rings (SSSR count). The minimum atomic E-state index is 0.700. The normalized spacial score (nSPS) is 13.2. The fourth-order valence-corrected chi connectivity index (χ4v) is 1.80. The predicted octanol–water partition coefficient (Wildman–Crippen LogP) is 4.00. The summed E-state index contributed by atoms with van der Waals surface area (Å²) < 4.78 is 5.59. The van der Waals surface area contributed by atoms with E-state index in [2.05, 4.69) is 29.8 Å². The first-order valence-electron chi connectivity index (χ1n) is 5.48. The number of alkyl halides is 1. The fraction of sp³-hybridized carbons (Fsp3) is 1.00. The van der Waals surface area contributed by atoms with Crippen LogP contribution in [-0.2, 0) is 4.74 Å². The van der Waals surface area contributed by atoms with Crippen molar-refractivity contribution in [1.82, 2.24) is 0 Å². The first kappa shape index (κ1) is 13.4. The molecule has 0 aliphatic rings. The third-order valence-corrected chi connectivity index (χ3v) is 3.21. The van der Waals surface area contributed by atoms with Gasteiger partial charge in [0.2, 0.25) is 0 Å². The molecule has 2 heteroatoms. The SMILES string of the molecule is CCCCCCOCC(CC)CBr. The van der Waals surface area contributed by atoms with Crippen molar-refractivity contribution >= 4 is 15.9 Å². The summed E-state index contributed by atoms with van der Waals surface area (Å²) in [5, 5.41) is 1.07. The number of hydrogen-bond acceptors (Lipinski definition) is 1. The van der Waals surface area contributed by atoms with Crippen LogP contribution in [0, 0.1) is 5.92 Å². The second kappa shape index (κ2) is 10.5. The average Bonchev–Trinajstić information content (AvgIpc) is 2.17. The van der Waals surface area contributed by atoms with Crippen molar-refractivity contribution in [2.75, 3.05) is 18.5 Å². The van der Waals surface area contributed by atoms with Gasteiger partial charge in [-0.2, -0.15) is 0 Å². The molecule has 1 atom stereocenters. The maximum atomic E-state index is 5.59. The Bertz CT molecular complexity index is 92.1. The third-order valence-electron chi connectivity index (χ3n) is 2.29. The smallest absolute Gasteiger partial charge is 0.0502 e. The van der Waals surface area contributed by atoms with Crippen molar-refractivity contribution in [3.05, 3.63) is 0 Å². The molecule has 13 heavy (non-hydrogen) atoms. The van der Waals surface area contributed by atoms with Gasteiger partial charge in [0.05, 0.1) is 6.61 Å². The van der Waals surface area contributed by atoms with Crippen LogP contribution in [0.4, 0.5) is 0 Å². The van der Waals surface area contributed by atoms with Gasteiger partial charge in [0, 0.05) is 11.9 Å². The molecule has 0 aliphatic heterocycles. The average molecular weight is 251 g/mol. The topological polar surface area (TPSA) is 9.23 Å². The first-order chi connectivity index (χ1) is 6.35. The number of ether oxygens (including phenoxy) is 1. The van der Waals surface area contributed by atoms with Crippen LogP contribution >= 0.6 is 15.9 Å². The lowest BCUT2D eigenvalue weighted by Gasteiger charge is -2.11. The molecule has 0 aromatic heterocycles. The third kappa shape index (κ3) is 8.76. The Morgan fingerprint density at radius 1 is 1.15 bits per heavy atom. The molecule has 0 aromatic carbocycles. The summed E-state index contributed by atoms with van der Waals surface area (Å²) in [6, 6.07) is 0. The van der Waals surface area contributed by atoms with Gasteiger partial charge in [0.25, 0.3) is 0 Å². The maximum absolute atomic E-state index is 5.59. The van der Waals surface area contributed by atoms with Crippen LogP contribution in [-0.4, -0.2) is 18.5 Å². The number of rotatable bonds is 9. The summed E-state index contributed by atoms with van der Waals surface area (Å²) in [6.45, 7) is 6.32. The van der Waals surface area contributed by atoms with E-state index in [-0.39, 0.29) is 0 Å². The van der Waals surface area contributed by atoms with E-state index in [0.717, 1.165) is 18.5 Å². The molecule has 0 saturated carbocycles. The van der Waals surface area contributed by atoms with Crippen LogP contribution in [0.5, 0.6) is 0 Å². The minimum Gasteiger partial charge on any atom is -0.381 e. The number of hydrogen-bond donors (Lipinski definition) is 0. The monoisotopic (exact) mass is 250 g/mol. The van der Waals surface area contributed by atoms with Gasteiger partial charge in [0.15, 0.2) is 0 Å². The Hall–Kier alpha value is 0.440. The molecule has 0 saturated heterocycles. The molecular weight excluding hydrogens is 228 g/mol. The molecular formula is C11H23BrO. The number of unbranched alkanes of at least 4 members (excludes halogenated alkanes) is 3. The van der Waals surface area contributed by atoms with E-state index in [4.69, 9.17) is 4.74 Å². The van der Waals surface area contributed by atoms with Crippen LogP contribution in [0.15, 0.2) is 0 Å². The Labute approximate surface area is 91.4 Å². The molecule has 0 heterocycles. The highest BCUT2D eigenvalue weighted by molar-refractivity contribution is 9.09.